The van der Waals surface area contributed by atoms with E-state index in [0.29, 0.717) is 13.2 Å². The smallest absolute Gasteiger partial charge is 0.253 e. The minimum absolute atomic E-state index is 0.110. The van der Waals surface area contributed by atoms with E-state index in [9.17, 15) is 4.79 Å². The van der Waals surface area contributed by atoms with Crippen LogP contribution in [0.15, 0.2) is 42.5 Å². The van der Waals surface area contributed by atoms with Gasteiger partial charge >= 0.3 is 0 Å². The first kappa shape index (κ1) is 14.7. The lowest BCUT2D eigenvalue weighted by Gasteiger charge is -2.34. The molecule has 1 amide bonds. The first-order chi connectivity index (χ1) is 11.3. The number of nitrogens with zero attached hydrogens (tertiary/aromatic N) is 1. The highest BCUT2D eigenvalue weighted by molar-refractivity contribution is 5.98. The van der Waals surface area contributed by atoms with Crippen molar-refractivity contribution in [2.24, 2.45) is 5.92 Å². The Hall–Kier alpha value is -1.91. The Morgan fingerprint density at radius 2 is 1.83 bits per heavy atom. The molecule has 2 fully saturated rings. The molecule has 4 rings (SSSR count). The van der Waals surface area contributed by atoms with Gasteiger partial charge in [-0.1, -0.05) is 30.3 Å². The van der Waals surface area contributed by atoms with Gasteiger partial charge in [0.2, 0.25) is 0 Å². The standard InChI is InChI=1S/C19H21NO3/c21-18(16-8-7-14-4-1-2-5-15(14)12-16)20-9-3-6-17(13-20)19-22-10-11-23-19/h1-2,4-5,7-8,12,17,19H,3,6,9-11,13H2. The molecular weight excluding hydrogens is 290 g/mol. The summed E-state index contributed by atoms with van der Waals surface area (Å²) in [7, 11) is 0. The summed E-state index contributed by atoms with van der Waals surface area (Å²) >= 11 is 0. The van der Waals surface area contributed by atoms with E-state index in [2.05, 4.69) is 6.07 Å². The Balaban J connectivity index is 1.52. The molecule has 0 bridgehead atoms. The molecule has 0 spiro atoms. The summed E-state index contributed by atoms with van der Waals surface area (Å²) in [6.45, 7) is 2.87. The number of carbonyl (C=O) groups excluding carboxylic acids is 1. The molecule has 0 radical (unpaired) electrons. The van der Waals surface area contributed by atoms with E-state index < -0.39 is 0 Å². The van der Waals surface area contributed by atoms with E-state index >= 15 is 0 Å². The second-order valence-corrected chi connectivity index (χ2v) is 6.33. The number of rotatable bonds is 2. The van der Waals surface area contributed by atoms with Gasteiger partial charge in [0, 0.05) is 24.6 Å². The Morgan fingerprint density at radius 3 is 2.65 bits per heavy atom. The fourth-order valence-electron chi connectivity index (χ4n) is 3.57. The molecule has 2 aromatic rings. The minimum atomic E-state index is -0.137. The van der Waals surface area contributed by atoms with Crippen LogP contribution in [0.5, 0.6) is 0 Å². The van der Waals surface area contributed by atoms with Crippen molar-refractivity contribution in [3.8, 4) is 0 Å². The highest BCUT2D eigenvalue weighted by Crippen LogP contribution is 2.26. The molecule has 2 heterocycles. The minimum Gasteiger partial charge on any atom is -0.350 e. The fourth-order valence-corrected chi connectivity index (χ4v) is 3.57. The molecule has 0 N–H and O–H groups in total. The summed E-state index contributed by atoms with van der Waals surface area (Å²) in [5, 5.41) is 2.27. The van der Waals surface area contributed by atoms with E-state index in [4.69, 9.17) is 9.47 Å². The molecule has 2 aromatic carbocycles. The molecule has 1 atom stereocenters. The van der Waals surface area contributed by atoms with Crippen LogP contribution >= 0.6 is 0 Å². The molecule has 0 aromatic heterocycles. The predicted molar refractivity (Wildman–Crippen MR) is 88.3 cm³/mol. The Bertz CT molecular complexity index is 709. The van der Waals surface area contributed by atoms with Crippen LogP contribution in [0.2, 0.25) is 0 Å². The third-order valence-corrected chi connectivity index (χ3v) is 4.77. The van der Waals surface area contributed by atoms with Gasteiger partial charge in [0.1, 0.15) is 0 Å². The maximum absolute atomic E-state index is 12.8. The van der Waals surface area contributed by atoms with Gasteiger partial charge in [-0.25, -0.2) is 0 Å². The number of ether oxygens (including phenoxy) is 2. The van der Waals surface area contributed by atoms with Crippen molar-refractivity contribution in [1.29, 1.82) is 0 Å². The summed E-state index contributed by atoms with van der Waals surface area (Å²) in [6, 6.07) is 14.1. The van der Waals surface area contributed by atoms with Crippen molar-refractivity contribution in [3.05, 3.63) is 48.0 Å². The van der Waals surface area contributed by atoms with Crippen LogP contribution in [-0.4, -0.2) is 43.4 Å². The number of amides is 1. The third-order valence-electron chi connectivity index (χ3n) is 4.77. The number of benzene rings is 2. The van der Waals surface area contributed by atoms with Crippen LogP contribution in [-0.2, 0) is 9.47 Å². The van der Waals surface area contributed by atoms with Crippen LogP contribution < -0.4 is 0 Å². The van der Waals surface area contributed by atoms with Crippen LogP contribution in [0.25, 0.3) is 10.8 Å². The molecule has 2 aliphatic rings. The van der Waals surface area contributed by atoms with Gasteiger partial charge in [0.15, 0.2) is 6.29 Å². The summed E-state index contributed by atoms with van der Waals surface area (Å²) in [4.78, 5) is 14.8. The molecule has 0 aliphatic carbocycles. The fraction of sp³-hybridized carbons (Fsp3) is 0.421. The Kier molecular flexibility index (Phi) is 4.02. The molecule has 23 heavy (non-hydrogen) atoms. The number of piperidine rings is 1. The summed E-state index contributed by atoms with van der Waals surface area (Å²) < 4.78 is 11.2. The SMILES string of the molecule is O=C(c1ccc2ccccc2c1)N1CCCC(C2OCCO2)C1. The largest absolute Gasteiger partial charge is 0.350 e. The second-order valence-electron chi connectivity index (χ2n) is 6.33. The van der Waals surface area contributed by atoms with Gasteiger partial charge in [-0.3, -0.25) is 4.79 Å². The van der Waals surface area contributed by atoms with Gasteiger partial charge in [0.05, 0.1) is 13.2 Å². The number of fused-ring (bicyclic) bond motifs is 1. The Labute approximate surface area is 136 Å². The second kappa shape index (κ2) is 6.30. The average molecular weight is 311 g/mol. The number of carbonyl (C=O) groups is 1. The summed E-state index contributed by atoms with van der Waals surface area (Å²) in [5.74, 6) is 0.397. The van der Waals surface area contributed by atoms with Gasteiger partial charge in [-0.2, -0.15) is 0 Å². The van der Waals surface area contributed by atoms with Crippen LogP contribution in [0.4, 0.5) is 0 Å². The maximum Gasteiger partial charge on any atom is 0.253 e. The van der Waals surface area contributed by atoms with Gasteiger partial charge in [-0.15, -0.1) is 0 Å². The molecule has 1 unspecified atom stereocenters. The van der Waals surface area contributed by atoms with Gasteiger partial charge < -0.3 is 14.4 Å². The lowest BCUT2D eigenvalue weighted by molar-refractivity contribution is -0.0969. The average Bonchev–Trinajstić information content (AvgIpc) is 3.15. The number of hydrogen-bond acceptors (Lipinski definition) is 3. The zero-order valence-corrected chi connectivity index (χ0v) is 13.1. The van der Waals surface area contributed by atoms with E-state index in [1.165, 1.54) is 0 Å². The van der Waals surface area contributed by atoms with Crippen molar-refractivity contribution in [1.82, 2.24) is 4.90 Å². The quantitative estimate of drug-likeness (QED) is 0.855. The third kappa shape index (κ3) is 2.96. The van der Waals surface area contributed by atoms with E-state index in [0.717, 1.165) is 42.3 Å². The first-order valence-corrected chi connectivity index (χ1v) is 8.32. The molecule has 2 aliphatic heterocycles. The lowest BCUT2D eigenvalue weighted by Crippen LogP contribution is -2.43. The van der Waals surface area contributed by atoms with E-state index in [1.54, 1.807) is 0 Å². The monoisotopic (exact) mass is 311 g/mol. The van der Waals surface area contributed by atoms with Crippen LogP contribution in [0, 0.1) is 5.92 Å². The molecular formula is C19H21NO3. The van der Waals surface area contributed by atoms with Crippen LogP contribution in [0.1, 0.15) is 23.2 Å². The van der Waals surface area contributed by atoms with Crippen molar-refractivity contribution in [2.75, 3.05) is 26.3 Å². The Morgan fingerprint density at radius 1 is 1.04 bits per heavy atom. The van der Waals surface area contributed by atoms with Crippen molar-refractivity contribution >= 4 is 16.7 Å². The highest BCUT2D eigenvalue weighted by atomic mass is 16.7. The topological polar surface area (TPSA) is 38.8 Å². The number of hydrogen-bond donors (Lipinski definition) is 0. The summed E-state index contributed by atoms with van der Waals surface area (Å²) in [6.07, 6.45) is 1.93. The predicted octanol–water partition coefficient (Wildman–Crippen LogP) is 3.06. The van der Waals surface area contributed by atoms with E-state index in [1.807, 2.05) is 41.3 Å². The first-order valence-electron chi connectivity index (χ1n) is 8.32. The zero-order valence-electron chi connectivity index (χ0n) is 13.1. The van der Waals surface area contributed by atoms with Gasteiger partial charge in [-0.05, 0) is 35.7 Å². The summed E-state index contributed by atoms with van der Waals surface area (Å²) in [5.41, 5.74) is 0.762. The zero-order chi connectivity index (χ0) is 15.6. The molecule has 4 heteroatoms. The van der Waals surface area contributed by atoms with E-state index in [-0.39, 0.29) is 18.1 Å². The number of likely N-dealkylation sites (tertiary alicyclic amines) is 1. The normalized spacial score (nSPS) is 22.6. The molecule has 0 saturated carbocycles. The molecule has 2 saturated heterocycles. The maximum atomic E-state index is 12.8. The highest BCUT2D eigenvalue weighted by Gasteiger charge is 2.33. The van der Waals surface area contributed by atoms with Crippen LogP contribution in [0.3, 0.4) is 0 Å². The van der Waals surface area contributed by atoms with Gasteiger partial charge in [0.25, 0.3) is 5.91 Å². The lowest BCUT2D eigenvalue weighted by atomic mass is 9.96. The van der Waals surface area contributed by atoms with Crippen molar-refractivity contribution in [3.63, 3.8) is 0 Å². The molecule has 4 nitrogen and oxygen atoms in total. The molecule has 120 valence electrons. The van der Waals surface area contributed by atoms with Crippen molar-refractivity contribution < 1.29 is 14.3 Å². The van der Waals surface area contributed by atoms with Crippen molar-refractivity contribution in [2.45, 2.75) is 19.1 Å².